The highest BCUT2D eigenvalue weighted by atomic mass is 35.5. The number of halogens is 1. The molecular weight excluding hydrogens is 374 g/mol. The summed E-state index contributed by atoms with van der Waals surface area (Å²) in [4.78, 5) is 16.7. The normalized spacial score (nSPS) is 15.5. The lowest BCUT2D eigenvalue weighted by Crippen LogP contribution is -2.27. The molecule has 1 aromatic carbocycles. The van der Waals surface area contributed by atoms with Gasteiger partial charge >= 0.3 is 0 Å². The average molecular weight is 394 g/mol. The van der Waals surface area contributed by atoms with Crippen LogP contribution in [0.3, 0.4) is 0 Å². The van der Waals surface area contributed by atoms with Crippen molar-refractivity contribution < 1.29 is 4.79 Å². The smallest absolute Gasteiger partial charge is 0.255 e. The maximum atomic E-state index is 12.6. The van der Waals surface area contributed by atoms with Gasteiger partial charge in [-0.1, -0.05) is 49.7 Å². The van der Waals surface area contributed by atoms with E-state index in [1.165, 1.54) is 6.20 Å². The molecule has 0 fully saturated rings. The third kappa shape index (κ3) is 3.39. The van der Waals surface area contributed by atoms with Crippen LogP contribution in [0.5, 0.6) is 0 Å². The molecule has 0 radical (unpaired) electrons. The predicted octanol–water partition coefficient (Wildman–Crippen LogP) is 4.46. The molecule has 4 N–H and O–H groups in total. The van der Waals surface area contributed by atoms with Crippen LogP contribution < -0.4 is 11.1 Å². The SMILES string of the molecule is CC1(C)C=CC=C(NC(=O)c2ccc(-c3[nH]nc4c(Cl)cnc(N)c34)cc2)C1. The van der Waals surface area contributed by atoms with Crippen molar-refractivity contribution in [2.45, 2.75) is 20.3 Å². The zero-order chi connectivity index (χ0) is 19.9. The van der Waals surface area contributed by atoms with E-state index in [4.69, 9.17) is 17.3 Å². The van der Waals surface area contributed by atoms with Crippen LogP contribution in [-0.4, -0.2) is 21.1 Å². The van der Waals surface area contributed by atoms with Crippen LogP contribution in [0.15, 0.2) is 54.4 Å². The first-order valence-electron chi connectivity index (χ1n) is 8.92. The number of nitrogens with two attached hydrogens (primary N) is 1. The number of aromatic amines is 1. The number of amides is 1. The molecule has 0 unspecified atom stereocenters. The molecule has 0 bridgehead atoms. The highest BCUT2D eigenvalue weighted by molar-refractivity contribution is 6.35. The maximum Gasteiger partial charge on any atom is 0.255 e. The number of nitrogens with zero attached hydrogens (tertiary/aromatic N) is 2. The van der Waals surface area contributed by atoms with E-state index < -0.39 is 0 Å². The molecule has 2 aromatic heterocycles. The Labute approximate surface area is 167 Å². The molecule has 7 heteroatoms. The fourth-order valence-corrected chi connectivity index (χ4v) is 3.54. The van der Waals surface area contributed by atoms with E-state index in [9.17, 15) is 4.79 Å². The van der Waals surface area contributed by atoms with Crippen LogP contribution in [-0.2, 0) is 0 Å². The Kier molecular flexibility index (Phi) is 4.43. The standard InChI is InChI=1S/C21H20ClN5O/c1-21(2)9-3-4-14(10-21)25-20(28)13-7-5-12(6-8-13)17-16-18(27-26-17)15(22)11-24-19(16)23/h3-9,11H,10H2,1-2H3,(H2,23,24)(H,25,28)(H,26,27). The summed E-state index contributed by atoms with van der Waals surface area (Å²) in [7, 11) is 0. The molecule has 4 rings (SSSR count). The van der Waals surface area contributed by atoms with Gasteiger partial charge in [0.2, 0.25) is 0 Å². The molecule has 142 valence electrons. The number of nitrogen functional groups attached to an aromatic ring is 1. The van der Waals surface area contributed by atoms with Gasteiger partial charge in [-0.25, -0.2) is 4.98 Å². The van der Waals surface area contributed by atoms with Crippen molar-refractivity contribution in [1.82, 2.24) is 20.5 Å². The summed E-state index contributed by atoms with van der Waals surface area (Å²) in [6.07, 6.45) is 8.33. The van der Waals surface area contributed by atoms with Gasteiger partial charge in [-0.05, 0) is 30.0 Å². The zero-order valence-electron chi connectivity index (χ0n) is 15.6. The first-order chi connectivity index (χ1) is 13.3. The summed E-state index contributed by atoms with van der Waals surface area (Å²) in [6, 6.07) is 7.24. The van der Waals surface area contributed by atoms with E-state index >= 15 is 0 Å². The number of fused-ring (bicyclic) bond motifs is 1. The van der Waals surface area contributed by atoms with Gasteiger partial charge in [0.15, 0.2) is 0 Å². The Morgan fingerprint density at radius 1 is 1.29 bits per heavy atom. The number of nitrogens with one attached hydrogen (secondary N) is 2. The summed E-state index contributed by atoms with van der Waals surface area (Å²) >= 11 is 6.15. The number of pyridine rings is 1. The minimum atomic E-state index is -0.136. The van der Waals surface area contributed by atoms with E-state index in [1.54, 1.807) is 12.1 Å². The summed E-state index contributed by atoms with van der Waals surface area (Å²) < 4.78 is 0. The lowest BCUT2D eigenvalue weighted by molar-refractivity contribution is 0.0963. The third-order valence-corrected chi connectivity index (χ3v) is 5.04. The summed E-state index contributed by atoms with van der Waals surface area (Å²) in [6.45, 7) is 4.28. The van der Waals surface area contributed by atoms with Crippen LogP contribution >= 0.6 is 11.6 Å². The second-order valence-electron chi connectivity index (χ2n) is 7.56. The van der Waals surface area contributed by atoms with Crippen molar-refractivity contribution in [3.63, 3.8) is 0 Å². The molecule has 1 aliphatic carbocycles. The molecule has 1 aliphatic rings. The molecule has 1 amide bonds. The zero-order valence-corrected chi connectivity index (χ0v) is 16.3. The first kappa shape index (κ1) is 18.3. The third-order valence-electron chi connectivity index (χ3n) is 4.77. The van der Waals surface area contributed by atoms with E-state index in [2.05, 4.69) is 40.4 Å². The Bertz CT molecular complexity index is 1130. The quantitative estimate of drug-likeness (QED) is 0.612. The van der Waals surface area contributed by atoms with Crippen LogP contribution in [0.2, 0.25) is 5.02 Å². The summed E-state index contributed by atoms with van der Waals surface area (Å²) in [5.74, 6) is 0.215. The van der Waals surface area contributed by atoms with Crippen molar-refractivity contribution in [2.75, 3.05) is 5.73 Å². The molecule has 0 saturated carbocycles. The van der Waals surface area contributed by atoms with Gasteiger partial charge in [0.25, 0.3) is 5.91 Å². The Morgan fingerprint density at radius 3 is 2.75 bits per heavy atom. The van der Waals surface area contributed by atoms with E-state index in [1.807, 2.05) is 24.3 Å². The molecule has 0 saturated heterocycles. The summed E-state index contributed by atoms with van der Waals surface area (Å²) in [5, 5.41) is 11.3. The number of allylic oxidation sites excluding steroid dienone is 4. The molecule has 2 heterocycles. The van der Waals surface area contributed by atoms with Gasteiger partial charge in [-0.3, -0.25) is 9.89 Å². The predicted molar refractivity (Wildman–Crippen MR) is 112 cm³/mol. The Balaban J connectivity index is 1.58. The number of aromatic nitrogens is 3. The van der Waals surface area contributed by atoms with Crippen molar-refractivity contribution in [1.29, 1.82) is 0 Å². The van der Waals surface area contributed by atoms with Crippen LogP contribution in [0, 0.1) is 5.41 Å². The number of H-pyrrole nitrogens is 1. The number of benzene rings is 1. The van der Waals surface area contributed by atoms with Gasteiger partial charge in [-0.15, -0.1) is 0 Å². The van der Waals surface area contributed by atoms with Crippen LogP contribution in [0.4, 0.5) is 5.82 Å². The minimum Gasteiger partial charge on any atom is -0.383 e. The van der Waals surface area contributed by atoms with Crippen molar-refractivity contribution in [3.05, 3.63) is 65.0 Å². The Hall–Kier alpha value is -3.12. The molecule has 3 aromatic rings. The number of carbonyl (C=O) groups is 1. The largest absolute Gasteiger partial charge is 0.383 e. The van der Waals surface area contributed by atoms with Gasteiger partial charge in [0.1, 0.15) is 11.3 Å². The van der Waals surface area contributed by atoms with E-state index in [0.29, 0.717) is 27.3 Å². The molecule has 28 heavy (non-hydrogen) atoms. The molecule has 6 nitrogen and oxygen atoms in total. The summed E-state index contributed by atoms with van der Waals surface area (Å²) in [5.41, 5.74) is 9.67. The van der Waals surface area contributed by atoms with Crippen molar-refractivity contribution in [3.8, 4) is 11.3 Å². The maximum absolute atomic E-state index is 12.6. The molecule has 0 atom stereocenters. The second kappa shape index (κ2) is 6.80. The van der Waals surface area contributed by atoms with Crippen LogP contribution in [0.25, 0.3) is 22.2 Å². The van der Waals surface area contributed by atoms with Gasteiger partial charge < -0.3 is 11.1 Å². The molecule has 0 spiro atoms. The first-order valence-corrected chi connectivity index (χ1v) is 9.30. The average Bonchev–Trinajstić information content (AvgIpc) is 3.10. The van der Waals surface area contributed by atoms with Crippen LogP contribution in [0.1, 0.15) is 30.6 Å². The second-order valence-corrected chi connectivity index (χ2v) is 7.97. The highest BCUT2D eigenvalue weighted by Gasteiger charge is 2.20. The topological polar surface area (TPSA) is 96.7 Å². The fourth-order valence-electron chi connectivity index (χ4n) is 3.35. The van der Waals surface area contributed by atoms with Gasteiger partial charge in [-0.2, -0.15) is 5.10 Å². The number of hydrogen-bond donors (Lipinski definition) is 3. The molecule has 0 aliphatic heterocycles. The monoisotopic (exact) mass is 393 g/mol. The van der Waals surface area contributed by atoms with E-state index in [0.717, 1.165) is 23.4 Å². The number of carbonyl (C=O) groups excluding carboxylic acids is 1. The van der Waals surface area contributed by atoms with E-state index in [-0.39, 0.29) is 11.3 Å². The van der Waals surface area contributed by atoms with Crippen molar-refractivity contribution in [2.24, 2.45) is 5.41 Å². The van der Waals surface area contributed by atoms with Gasteiger partial charge in [0, 0.05) is 16.8 Å². The number of anilines is 1. The fraction of sp³-hybridized carbons (Fsp3) is 0.190. The Morgan fingerprint density at radius 2 is 2.04 bits per heavy atom. The highest BCUT2D eigenvalue weighted by Crippen LogP contribution is 2.33. The lowest BCUT2D eigenvalue weighted by Gasteiger charge is -2.25. The lowest BCUT2D eigenvalue weighted by atomic mass is 9.84. The minimum absolute atomic E-state index is 0.0398. The molecular formula is C21H20ClN5O. The van der Waals surface area contributed by atoms with Crippen molar-refractivity contribution >= 4 is 34.2 Å². The number of hydrogen-bond acceptors (Lipinski definition) is 4. The van der Waals surface area contributed by atoms with Gasteiger partial charge in [0.05, 0.1) is 22.3 Å². The number of rotatable bonds is 3.